The summed E-state index contributed by atoms with van der Waals surface area (Å²) in [6.45, 7) is 3.17. The number of hydrogen-bond donors (Lipinski definition) is 2. The summed E-state index contributed by atoms with van der Waals surface area (Å²) >= 11 is 1.47. The highest BCUT2D eigenvalue weighted by Gasteiger charge is 2.09. The molecule has 4 aromatic rings. The Labute approximate surface area is 179 Å². The van der Waals surface area contributed by atoms with Crippen LogP contribution in [0.15, 0.2) is 66.7 Å². The van der Waals surface area contributed by atoms with Crippen molar-refractivity contribution in [3.63, 3.8) is 0 Å². The number of methoxy groups -OCH3 is 1. The molecule has 1 heterocycles. The van der Waals surface area contributed by atoms with E-state index in [0.29, 0.717) is 18.7 Å². The van der Waals surface area contributed by atoms with E-state index in [1.807, 2.05) is 61.5 Å². The normalized spacial score (nSPS) is 10.7. The van der Waals surface area contributed by atoms with Crippen molar-refractivity contribution in [2.75, 3.05) is 25.5 Å². The van der Waals surface area contributed by atoms with E-state index in [1.165, 1.54) is 11.5 Å². The topological polar surface area (TPSA) is 63.2 Å². The average molecular weight is 418 g/mol. The fraction of sp³-hybridized carbons (Fsp3) is 0.167. The second-order valence-corrected chi connectivity index (χ2v) is 7.80. The number of amides is 1. The summed E-state index contributed by atoms with van der Waals surface area (Å²) in [4.78, 5) is 12.5. The molecule has 6 heteroatoms. The van der Waals surface area contributed by atoms with Crippen molar-refractivity contribution in [3.05, 3.63) is 77.9 Å². The van der Waals surface area contributed by atoms with Gasteiger partial charge in [0.1, 0.15) is 11.6 Å². The molecule has 0 radical (unpaired) electrons. The zero-order valence-electron chi connectivity index (χ0n) is 16.9. The van der Waals surface area contributed by atoms with Crippen molar-refractivity contribution in [2.45, 2.75) is 6.92 Å². The third-order valence-electron chi connectivity index (χ3n) is 4.89. The first-order valence-electron chi connectivity index (χ1n) is 9.77. The molecule has 0 aliphatic carbocycles. The Morgan fingerprint density at radius 2 is 1.83 bits per heavy atom. The van der Waals surface area contributed by atoms with E-state index in [0.717, 1.165) is 38.3 Å². The molecule has 0 unspecified atom stereocenters. The first kappa shape index (κ1) is 19.9. The number of rotatable bonds is 7. The maximum absolute atomic E-state index is 12.5. The van der Waals surface area contributed by atoms with Crippen LogP contribution in [0.3, 0.4) is 0 Å². The quantitative estimate of drug-likeness (QED) is 0.410. The average Bonchev–Trinajstić information content (AvgIpc) is 3.20. The number of nitrogens with one attached hydrogen (secondary N) is 2. The molecule has 0 aliphatic heterocycles. The molecule has 1 aromatic heterocycles. The van der Waals surface area contributed by atoms with E-state index in [9.17, 15) is 4.79 Å². The Morgan fingerprint density at radius 3 is 2.63 bits per heavy atom. The van der Waals surface area contributed by atoms with Crippen LogP contribution in [-0.4, -0.2) is 30.5 Å². The molecule has 152 valence electrons. The Kier molecular flexibility index (Phi) is 5.95. The lowest BCUT2D eigenvalue weighted by Gasteiger charge is -2.11. The number of aryl methyl sites for hydroxylation is 1. The number of benzene rings is 3. The molecule has 4 rings (SSSR count). The number of anilines is 1. The molecular weight excluding hydrogens is 394 g/mol. The van der Waals surface area contributed by atoms with Gasteiger partial charge in [-0.05, 0) is 60.4 Å². The van der Waals surface area contributed by atoms with Gasteiger partial charge in [-0.3, -0.25) is 4.79 Å². The lowest BCUT2D eigenvalue weighted by molar-refractivity contribution is 0.0955. The number of carbonyl (C=O) groups is 1. The van der Waals surface area contributed by atoms with Crippen LogP contribution in [0.1, 0.15) is 15.9 Å². The van der Waals surface area contributed by atoms with Crippen molar-refractivity contribution in [2.24, 2.45) is 0 Å². The molecule has 0 spiro atoms. The predicted molar refractivity (Wildman–Crippen MR) is 124 cm³/mol. The van der Waals surface area contributed by atoms with E-state index in [1.54, 1.807) is 7.11 Å². The van der Waals surface area contributed by atoms with E-state index in [4.69, 9.17) is 4.74 Å². The largest absolute Gasteiger partial charge is 0.496 e. The monoisotopic (exact) mass is 417 g/mol. The Hall–Kier alpha value is -3.38. The van der Waals surface area contributed by atoms with Gasteiger partial charge < -0.3 is 15.4 Å². The van der Waals surface area contributed by atoms with Crippen molar-refractivity contribution in [1.29, 1.82) is 0 Å². The fourth-order valence-electron chi connectivity index (χ4n) is 3.32. The predicted octanol–water partition coefficient (Wildman–Crippen LogP) is 5.12. The number of ether oxygens (including phenoxy) is 1. The van der Waals surface area contributed by atoms with Crippen LogP contribution >= 0.6 is 11.5 Å². The van der Waals surface area contributed by atoms with Crippen molar-refractivity contribution < 1.29 is 9.53 Å². The summed E-state index contributed by atoms with van der Waals surface area (Å²) in [5.41, 5.74) is 3.82. The molecule has 0 fully saturated rings. The molecule has 1 amide bonds. The highest BCUT2D eigenvalue weighted by Crippen LogP contribution is 2.31. The first-order chi connectivity index (χ1) is 14.7. The number of nitrogens with zero attached hydrogens (tertiary/aromatic N) is 1. The van der Waals surface area contributed by atoms with Gasteiger partial charge in [-0.15, -0.1) is 0 Å². The van der Waals surface area contributed by atoms with Crippen LogP contribution in [-0.2, 0) is 0 Å². The SMILES string of the molecule is COc1ccc(C)cc1-c1ccc(C(=O)NCCNc2nsc3ccccc23)cc1. The van der Waals surface area contributed by atoms with Gasteiger partial charge >= 0.3 is 0 Å². The summed E-state index contributed by atoms with van der Waals surface area (Å²) in [6.07, 6.45) is 0. The highest BCUT2D eigenvalue weighted by molar-refractivity contribution is 7.13. The summed E-state index contributed by atoms with van der Waals surface area (Å²) in [7, 11) is 1.67. The van der Waals surface area contributed by atoms with Gasteiger partial charge in [0, 0.05) is 29.6 Å². The molecule has 0 saturated heterocycles. The van der Waals surface area contributed by atoms with Gasteiger partial charge in [0.2, 0.25) is 0 Å². The molecule has 3 aromatic carbocycles. The van der Waals surface area contributed by atoms with Crippen LogP contribution < -0.4 is 15.4 Å². The molecule has 0 saturated carbocycles. The number of aromatic nitrogens is 1. The van der Waals surface area contributed by atoms with E-state index >= 15 is 0 Å². The van der Waals surface area contributed by atoms with E-state index in [2.05, 4.69) is 27.1 Å². The molecule has 0 aliphatic rings. The zero-order valence-corrected chi connectivity index (χ0v) is 17.8. The second-order valence-electron chi connectivity index (χ2n) is 6.99. The van der Waals surface area contributed by atoms with E-state index in [-0.39, 0.29) is 5.91 Å². The molecule has 0 atom stereocenters. The molecular formula is C24H23N3O2S. The third kappa shape index (κ3) is 4.28. The Morgan fingerprint density at radius 1 is 1.03 bits per heavy atom. The number of hydrogen-bond acceptors (Lipinski definition) is 5. The summed E-state index contributed by atoms with van der Waals surface area (Å²) in [5, 5.41) is 7.35. The fourth-order valence-corrected chi connectivity index (χ4v) is 4.08. The Bertz CT molecular complexity index is 1170. The highest BCUT2D eigenvalue weighted by atomic mass is 32.1. The minimum Gasteiger partial charge on any atom is -0.496 e. The lowest BCUT2D eigenvalue weighted by Crippen LogP contribution is -2.28. The third-order valence-corrected chi connectivity index (χ3v) is 5.72. The lowest BCUT2D eigenvalue weighted by atomic mass is 10.0. The van der Waals surface area contributed by atoms with Crippen LogP contribution in [0.4, 0.5) is 5.82 Å². The van der Waals surface area contributed by atoms with Crippen LogP contribution in [0.25, 0.3) is 21.2 Å². The summed E-state index contributed by atoms with van der Waals surface area (Å²) < 4.78 is 11.0. The van der Waals surface area contributed by atoms with Gasteiger partial charge in [-0.25, -0.2) is 0 Å². The van der Waals surface area contributed by atoms with Crippen LogP contribution in [0.5, 0.6) is 5.75 Å². The Balaban J connectivity index is 1.34. The van der Waals surface area contributed by atoms with Gasteiger partial charge in [0.15, 0.2) is 0 Å². The smallest absolute Gasteiger partial charge is 0.251 e. The molecule has 0 bridgehead atoms. The minimum atomic E-state index is -0.0947. The summed E-state index contributed by atoms with van der Waals surface area (Å²) in [6, 6.07) is 21.8. The minimum absolute atomic E-state index is 0.0947. The van der Waals surface area contributed by atoms with Crippen molar-refractivity contribution >= 4 is 33.3 Å². The maximum atomic E-state index is 12.5. The molecule has 5 nitrogen and oxygen atoms in total. The van der Waals surface area contributed by atoms with Gasteiger partial charge in [0.05, 0.1) is 11.8 Å². The zero-order chi connectivity index (χ0) is 20.9. The standard InChI is InChI=1S/C24H23N3O2S/c1-16-7-12-21(29-2)20(15-16)17-8-10-18(11-9-17)24(28)26-14-13-25-23-19-5-3-4-6-22(19)30-27-23/h3-12,15H,13-14H2,1-2H3,(H,25,27)(H,26,28). The van der Waals surface area contributed by atoms with Crippen LogP contribution in [0, 0.1) is 6.92 Å². The molecule has 30 heavy (non-hydrogen) atoms. The van der Waals surface area contributed by atoms with Gasteiger partial charge in [0.25, 0.3) is 5.91 Å². The van der Waals surface area contributed by atoms with E-state index < -0.39 is 0 Å². The van der Waals surface area contributed by atoms with Gasteiger partial charge in [-0.1, -0.05) is 35.9 Å². The molecule has 2 N–H and O–H groups in total. The van der Waals surface area contributed by atoms with Crippen molar-refractivity contribution in [3.8, 4) is 16.9 Å². The maximum Gasteiger partial charge on any atom is 0.251 e. The number of fused-ring (bicyclic) bond motifs is 1. The van der Waals surface area contributed by atoms with Crippen molar-refractivity contribution in [1.82, 2.24) is 9.69 Å². The second kappa shape index (κ2) is 8.97. The van der Waals surface area contributed by atoms with Gasteiger partial charge in [-0.2, -0.15) is 4.37 Å². The first-order valence-corrected chi connectivity index (χ1v) is 10.5. The summed E-state index contributed by atoms with van der Waals surface area (Å²) in [5.74, 6) is 1.59. The van der Waals surface area contributed by atoms with Crippen LogP contribution in [0.2, 0.25) is 0 Å². The number of carbonyl (C=O) groups excluding carboxylic acids is 1.